The van der Waals surface area contributed by atoms with Crippen LogP contribution in [0.1, 0.15) is 24.4 Å². The molecular weight excluding hydrogens is 300 g/mol. The molecule has 6 nitrogen and oxygen atoms in total. The quantitative estimate of drug-likeness (QED) is 0.802. The number of hydrogen-bond acceptors (Lipinski definition) is 4. The molecule has 2 heterocycles. The number of carboxylic acid groups (broad SMARTS) is 1. The maximum atomic E-state index is 11.9. The average Bonchev–Trinajstić information content (AvgIpc) is 3.03. The Morgan fingerprint density at radius 1 is 1.32 bits per heavy atom. The van der Waals surface area contributed by atoms with Crippen molar-refractivity contribution >= 4 is 28.1 Å². The van der Waals surface area contributed by atoms with Crippen molar-refractivity contribution in [3.05, 3.63) is 47.2 Å². The van der Waals surface area contributed by atoms with E-state index in [9.17, 15) is 9.90 Å². The Balaban J connectivity index is 2.15. The number of anilines is 1. The Labute approximate surface area is 131 Å². The highest BCUT2D eigenvalue weighted by Crippen LogP contribution is 2.38. The molecule has 0 atom stereocenters. The molecule has 2 aromatic heterocycles. The lowest BCUT2D eigenvalue weighted by molar-refractivity contribution is 0.194. The summed E-state index contributed by atoms with van der Waals surface area (Å²) in [7, 11) is 0. The molecule has 0 aliphatic heterocycles. The van der Waals surface area contributed by atoms with Crippen LogP contribution in [0.2, 0.25) is 0 Å². The van der Waals surface area contributed by atoms with E-state index in [1.807, 2.05) is 39.0 Å². The van der Waals surface area contributed by atoms with Crippen LogP contribution in [0.25, 0.3) is 4.96 Å². The normalized spacial score (nSPS) is 11.8. The van der Waals surface area contributed by atoms with Crippen LogP contribution in [-0.2, 0) is 5.54 Å². The lowest BCUT2D eigenvalue weighted by Crippen LogP contribution is -2.45. The fourth-order valence-electron chi connectivity index (χ4n) is 2.71. The maximum Gasteiger partial charge on any atom is 0.412 e. The topological polar surface area (TPSA) is 70.7 Å². The Morgan fingerprint density at radius 3 is 2.59 bits per heavy atom. The largest absolute Gasteiger partial charge is 0.465 e. The standard InChI is InChI=1S/C15H16N4O2S/c1-10-12(22-13-16-9-17-19(10)13)15(2,3)18(14(20)21)11-7-5-4-6-8-11/h4-9H,1-3H3,(H,20,21). The highest BCUT2D eigenvalue weighted by atomic mass is 32.1. The van der Waals surface area contributed by atoms with Gasteiger partial charge in [-0.15, -0.1) is 0 Å². The van der Waals surface area contributed by atoms with Gasteiger partial charge in [0.25, 0.3) is 0 Å². The summed E-state index contributed by atoms with van der Waals surface area (Å²) in [4.78, 5) is 19.1. The number of amides is 1. The van der Waals surface area contributed by atoms with Gasteiger partial charge in [-0.05, 0) is 32.9 Å². The van der Waals surface area contributed by atoms with Gasteiger partial charge in [0, 0.05) is 5.69 Å². The van der Waals surface area contributed by atoms with Crippen LogP contribution in [-0.4, -0.2) is 25.8 Å². The van der Waals surface area contributed by atoms with E-state index in [-0.39, 0.29) is 0 Å². The van der Waals surface area contributed by atoms with Crippen molar-refractivity contribution in [2.75, 3.05) is 4.90 Å². The van der Waals surface area contributed by atoms with Gasteiger partial charge in [-0.25, -0.2) is 14.3 Å². The van der Waals surface area contributed by atoms with Gasteiger partial charge in [0.1, 0.15) is 6.33 Å². The highest BCUT2D eigenvalue weighted by Gasteiger charge is 2.37. The number of aryl methyl sites for hydroxylation is 1. The SMILES string of the molecule is Cc1c(C(C)(C)N(C(=O)O)c2ccccc2)sc2ncnn12. The molecule has 1 aromatic carbocycles. The Bertz CT molecular complexity index is 823. The zero-order valence-corrected chi connectivity index (χ0v) is 13.3. The van der Waals surface area contributed by atoms with E-state index in [1.54, 1.807) is 16.6 Å². The van der Waals surface area contributed by atoms with Gasteiger partial charge < -0.3 is 5.11 Å². The predicted molar refractivity (Wildman–Crippen MR) is 85.6 cm³/mol. The van der Waals surface area contributed by atoms with E-state index >= 15 is 0 Å². The zero-order valence-electron chi connectivity index (χ0n) is 12.5. The molecule has 3 rings (SSSR count). The van der Waals surface area contributed by atoms with E-state index < -0.39 is 11.6 Å². The molecule has 0 spiro atoms. The Morgan fingerprint density at radius 2 is 2.00 bits per heavy atom. The lowest BCUT2D eigenvalue weighted by Gasteiger charge is -2.36. The van der Waals surface area contributed by atoms with Gasteiger partial charge in [-0.3, -0.25) is 4.90 Å². The minimum absolute atomic E-state index is 0.637. The molecule has 0 aliphatic carbocycles. The summed E-state index contributed by atoms with van der Waals surface area (Å²) < 4.78 is 1.74. The van der Waals surface area contributed by atoms with Gasteiger partial charge in [0.2, 0.25) is 4.96 Å². The second-order valence-electron chi connectivity index (χ2n) is 5.48. The van der Waals surface area contributed by atoms with E-state index in [4.69, 9.17) is 0 Å². The van der Waals surface area contributed by atoms with Crippen molar-refractivity contribution in [2.45, 2.75) is 26.3 Å². The average molecular weight is 316 g/mol. The monoisotopic (exact) mass is 316 g/mol. The first-order chi connectivity index (χ1) is 10.4. The number of benzene rings is 1. The number of nitrogens with zero attached hydrogens (tertiary/aromatic N) is 4. The lowest BCUT2D eigenvalue weighted by atomic mass is 9.98. The van der Waals surface area contributed by atoms with E-state index in [0.29, 0.717) is 5.69 Å². The van der Waals surface area contributed by atoms with Crippen LogP contribution in [0.3, 0.4) is 0 Å². The Hall–Kier alpha value is -2.41. The molecule has 0 saturated carbocycles. The molecule has 0 fully saturated rings. The number of hydrogen-bond donors (Lipinski definition) is 1. The number of thiazole rings is 1. The van der Waals surface area contributed by atoms with Crippen molar-refractivity contribution in [3.8, 4) is 0 Å². The first-order valence-corrected chi connectivity index (χ1v) is 7.62. The predicted octanol–water partition coefficient (Wildman–Crippen LogP) is 3.52. The smallest absolute Gasteiger partial charge is 0.412 e. The van der Waals surface area contributed by atoms with Crippen LogP contribution >= 0.6 is 11.3 Å². The molecule has 0 unspecified atom stereocenters. The number of rotatable bonds is 3. The molecule has 7 heteroatoms. The molecule has 3 aromatic rings. The van der Waals surface area contributed by atoms with Crippen LogP contribution in [0, 0.1) is 6.92 Å². The molecule has 0 radical (unpaired) electrons. The van der Waals surface area contributed by atoms with Crippen LogP contribution in [0.5, 0.6) is 0 Å². The summed E-state index contributed by atoms with van der Waals surface area (Å²) in [6.45, 7) is 5.72. The van der Waals surface area contributed by atoms with Gasteiger partial charge in [-0.2, -0.15) is 5.10 Å². The van der Waals surface area contributed by atoms with Crippen LogP contribution in [0.15, 0.2) is 36.7 Å². The molecule has 1 amide bonds. The van der Waals surface area contributed by atoms with Crippen molar-refractivity contribution in [2.24, 2.45) is 0 Å². The van der Waals surface area contributed by atoms with Crippen LogP contribution in [0.4, 0.5) is 10.5 Å². The summed E-state index contributed by atoms with van der Waals surface area (Å²) in [6, 6.07) is 9.11. The minimum atomic E-state index is -0.991. The van der Waals surface area contributed by atoms with Crippen molar-refractivity contribution in [3.63, 3.8) is 0 Å². The number of para-hydroxylation sites is 1. The first kappa shape index (κ1) is 14.5. The summed E-state index contributed by atoms with van der Waals surface area (Å²) in [5.74, 6) is 0. The Kier molecular flexibility index (Phi) is 3.37. The molecule has 22 heavy (non-hydrogen) atoms. The second kappa shape index (κ2) is 5.10. The third kappa shape index (κ3) is 2.14. The molecular formula is C15H16N4O2S. The fourth-order valence-corrected chi connectivity index (χ4v) is 3.84. The molecule has 0 aliphatic rings. The molecule has 114 valence electrons. The van der Waals surface area contributed by atoms with Gasteiger partial charge in [0.05, 0.1) is 16.1 Å². The van der Waals surface area contributed by atoms with E-state index in [1.165, 1.54) is 22.6 Å². The summed E-state index contributed by atoms with van der Waals surface area (Å²) >= 11 is 1.46. The van der Waals surface area contributed by atoms with E-state index in [2.05, 4.69) is 10.1 Å². The zero-order chi connectivity index (χ0) is 15.9. The highest BCUT2D eigenvalue weighted by molar-refractivity contribution is 7.17. The summed E-state index contributed by atoms with van der Waals surface area (Å²) in [5.41, 5.74) is 0.813. The van der Waals surface area contributed by atoms with Crippen molar-refractivity contribution < 1.29 is 9.90 Å². The number of carbonyl (C=O) groups is 1. The van der Waals surface area contributed by atoms with E-state index in [0.717, 1.165) is 15.5 Å². The number of fused-ring (bicyclic) bond motifs is 1. The first-order valence-electron chi connectivity index (χ1n) is 6.80. The van der Waals surface area contributed by atoms with Crippen molar-refractivity contribution in [1.29, 1.82) is 0 Å². The van der Waals surface area contributed by atoms with Gasteiger partial charge in [-0.1, -0.05) is 29.5 Å². The molecule has 1 N–H and O–H groups in total. The summed E-state index contributed by atoms with van der Waals surface area (Å²) in [5, 5.41) is 13.9. The van der Waals surface area contributed by atoms with Gasteiger partial charge in [0.15, 0.2) is 0 Å². The maximum absolute atomic E-state index is 11.9. The van der Waals surface area contributed by atoms with Gasteiger partial charge >= 0.3 is 6.09 Å². The summed E-state index contributed by atoms with van der Waals surface area (Å²) in [6.07, 6.45) is 0.511. The van der Waals surface area contributed by atoms with Crippen molar-refractivity contribution in [1.82, 2.24) is 14.6 Å². The number of aromatic nitrogens is 3. The third-order valence-electron chi connectivity index (χ3n) is 3.68. The third-order valence-corrected chi connectivity index (χ3v) is 5.14. The minimum Gasteiger partial charge on any atom is -0.465 e. The fraction of sp³-hybridized carbons (Fsp3) is 0.267. The molecule has 0 bridgehead atoms. The second-order valence-corrected chi connectivity index (χ2v) is 6.46. The van der Waals surface area contributed by atoms with Crippen LogP contribution < -0.4 is 4.90 Å². The molecule has 0 saturated heterocycles.